The monoisotopic (exact) mass is 241 g/mol. The van der Waals surface area contributed by atoms with Gasteiger partial charge in [-0.25, -0.2) is 8.78 Å². The Morgan fingerprint density at radius 2 is 1.94 bits per heavy atom. The molecule has 0 heterocycles. The van der Waals surface area contributed by atoms with Crippen LogP contribution in [-0.4, -0.2) is 7.11 Å². The molecule has 0 unspecified atom stereocenters. The highest BCUT2D eigenvalue weighted by molar-refractivity contribution is 5.43. The third-order valence-electron chi connectivity index (χ3n) is 3.51. The minimum Gasteiger partial charge on any atom is -0.496 e. The van der Waals surface area contributed by atoms with Gasteiger partial charge in [0.25, 0.3) is 6.43 Å². The summed E-state index contributed by atoms with van der Waals surface area (Å²) >= 11 is 0. The summed E-state index contributed by atoms with van der Waals surface area (Å²) in [5.41, 5.74) is 6.53. The molecule has 4 heteroatoms. The molecule has 1 aromatic rings. The molecule has 0 aliphatic heterocycles. The molecule has 1 aromatic carbocycles. The fraction of sp³-hybridized carbons (Fsp3) is 0.538. The predicted molar refractivity (Wildman–Crippen MR) is 62.3 cm³/mol. The van der Waals surface area contributed by atoms with Crippen molar-refractivity contribution >= 4 is 0 Å². The van der Waals surface area contributed by atoms with E-state index in [2.05, 4.69) is 0 Å². The third-order valence-corrected chi connectivity index (χ3v) is 3.51. The van der Waals surface area contributed by atoms with Crippen molar-refractivity contribution in [3.05, 3.63) is 29.3 Å². The molecular weight excluding hydrogens is 224 g/mol. The van der Waals surface area contributed by atoms with Gasteiger partial charge in [-0.15, -0.1) is 0 Å². The fourth-order valence-corrected chi connectivity index (χ4v) is 2.53. The first-order chi connectivity index (χ1) is 8.07. The highest BCUT2D eigenvalue weighted by Gasteiger charge is 2.34. The Balaban J connectivity index is 2.45. The van der Waals surface area contributed by atoms with Gasteiger partial charge in [0, 0.05) is 16.7 Å². The molecule has 1 aliphatic carbocycles. The zero-order valence-corrected chi connectivity index (χ0v) is 9.88. The van der Waals surface area contributed by atoms with Crippen molar-refractivity contribution in [2.24, 2.45) is 5.73 Å². The molecule has 0 saturated heterocycles. The Bertz CT molecular complexity index is 400. The third kappa shape index (κ3) is 2.27. The van der Waals surface area contributed by atoms with E-state index in [-0.39, 0.29) is 5.56 Å². The number of halogens is 2. The van der Waals surface area contributed by atoms with Gasteiger partial charge in [-0.3, -0.25) is 0 Å². The van der Waals surface area contributed by atoms with Gasteiger partial charge in [0.15, 0.2) is 0 Å². The van der Waals surface area contributed by atoms with Crippen molar-refractivity contribution in [1.82, 2.24) is 0 Å². The van der Waals surface area contributed by atoms with Crippen molar-refractivity contribution < 1.29 is 13.5 Å². The average molecular weight is 241 g/mol. The molecule has 0 spiro atoms. The van der Waals surface area contributed by atoms with E-state index in [0.29, 0.717) is 5.75 Å². The topological polar surface area (TPSA) is 35.2 Å². The number of nitrogens with two attached hydrogens (primary N) is 1. The summed E-state index contributed by atoms with van der Waals surface area (Å²) in [4.78, 5) is 0. The largest absolute Gasteiger partial charge is 0.496 e. The number of hydrogen-bond donors (Lipinski definition) is 1. The lowest BCUT2D eigenvalue weighted by Crippen LogP contribution is -2.33. The van der Waals surface area contributed by atoms with Crippen LogP contribution in [0.2, 0.25) is 0 Å². The molecule has 1 fully saturated rings. The van der Waals surface area contributed by atoms with E-state index in [1.807, 2.05) is 0 Å². The summed E-state index contributed by atoms with van der Waals surface area (Å²) in [6.07, 6.45) is 1.27. The van der Waals surface area contributed by atoms with Crippen molar-refractivity contribution in [3.63, 3.8) is 0 Å². The van der Waals surface area contributed by atoms with E-state index in [9.17, 15) is 8.78 Å². The molecule has 2 nitrogen and oxygen atoms in total. The molecule has 0 aromatic heterocycles. The van der Waals surface area contributed by atoms with Crippen molar-refractivity contribution in [2.75, 3.05) is 7.11 Å². The molecule has 2 N–H and O–H groups in total. The van der Waals surface area contributed by atoms with Gasteiger partial charge < -0.3 is 10.5 Å². The Labute approximate surface area is 99.8 Å². The van der Waals surface area contributed by atoms with Crippen molar-refractivity contribution in [1.29, 1.82) is 0 Å². The van der Waals surface area contributed by atoms with Gasteiger partial charge >= 0.3 is 0 Å². The van der Waals surface area contributed by atoms with Crippen LogP contribution in [0.15, 0.2) is 18.2 Å². The zero-order chi connectivity index (χ0) is 12.5. The van der Waals surface area contributed by atoms with Crippen LogP contribution in [-0.2, 0) is 5.54 Å². The Kier molecular flexibility index (Phi) is 3.33. The fourth-order valence-electron chi connectivity index (χ4n) is 2.53. The zero-order valence-electron chi connectivity index (χ0n) is 9.88. The lowest BCUT2D eigenvalue weighted by atomic mass is 9.87. The van der Waals surface area contributed by atoms with E-state index < -0.39 is 12.0 Å². The van der Waals surface area contributed by atoms with Crippen LogP contribution in [0.25, 0.3) is 0 Å². The van der Waals surface area contributed by atoms with Crippen LogP contribution in [0.5, 0.6) is 5.75 Å². The maximum Gasteiger partial charge on any atom is 0.263 e. The minimum atomic E-state index is -2.47. The van der Waals surface area contributed by atoms with E-state index >= 15 is 0 Å². The number of ether oxygens (including phenoxy) is 1. The molecule has 1 aliphatic rings. The molecule has 17 heavy (non-hydrogen) atoms. The van der Waals surface area contributed by atoms with Gasteiger partial charge in [-0.2, -0.15) is 0 Å². The van der Waals surface area contributed by atoms with Crippen molar-refractivity contribution in [3.8, 4) is 5.75 Å². The molecule has 0 atom stereocenters. The van der Waals surface area contributed by atoms with E-state index in [4.69, 9.17) is 10.5 Å². The maximum atomic E-state index is 12.7. The van der Waals surface area contributed by atoms with E-state index in [1.165, 1.54) is 12.1 Å². The molecule has 94 valence electrons. The van der Waals surface area contributed by atoms with Gasteiger partial charge in [-0.05, 0) is 31.0 Å². The predicted octanol–water partition coefficient (Wildman–Crippen LogP) is 3.36. The maximum absolute atomic E-state index is 12.7. The summed E-state index contributed by atoms with van der Waals surface area (Å²) in [5.74, 6) is 0.610. The van der Waals surface area contributed by atoms with Crippen LogP contribution < -0.4 is 10.5 Å². The summed E-state index contributed by atoms with van der Waals surface area (Å²) in [6.45, 7) is 0. The number of rotatable bonds is 3. The van der Waals surface area contributed by atoms with Gasteiger partial charge in [0.05, 0.1) is 7.11 Å². The first kappa shape index (κ1) is 12.3. The van der Waals surface area contributed by atoms with Crippen molar-refractivity contribution in [2.45, 2.75) is 37.6 Å². The molecular formula is C13H17F2NO. The molecule has 0 radical (unpaired) electrons. The summed E-state index contributed by atoms with van der Waals surface area (Å²) < 4.78 is 30.7. The number of benzene rings is 1. The van der Waals surface area contributed by atoms with Crippen LogP contribution in [0.3, 0.4) is 0 Å². The first-order valence-corrected chi connectivity index (χ1v) is 5.82. The number of hydrogen-bond acceptors (Lipinski definition) is 2. The summed E-state index contributed by atoms with van der Waals surface area (Å²) in [7, 11) is 1.54. The Hall–Kier alpha value is -1.16. The number of alkyl halides is 2. The Morgan fingerprint density at radius 3 is 2.47 bits per heavy atom. The van der Waals surface area contributed by atoms with E-state index in [0.717, 1.165) is 31.2 Å². The highest BCUT2D eigenvalue weighted by Crippen LogP contribution is 2.41. The van der Waals surface area contributed by atoms with Crippen LogP contribution in [0.1, 0.15) is 43.2 Å². The second-order valence-electron chi connectivity index (χ2n) is 4.62. The quantitative estimate of drug-likeness (QED) is 0.880. The van der Waals surface area contributed by atoms with Crippen LogP contribution >= 0.6 is 0 Å². The SMILES string of the molecule is COc1ccc(C(F)F)cc1C1(N)CCCC1. The molecule has 2 rings (SSSR count). The summed E-state index contributed by atoms with van der Waals surface area (Å²) in [5, 5.41) is 0. The molecule has 0 bridgehead atoms. The normalized spacial score (nSPS) is 18.6. The summed E-state index contributed by atoms with van der Waals surface area (Å²) in [6, 6.07) is 4.48. The molecule has 0 amide bonds. The van der Waals surface area contributed by atoms with E-state index in [1.54, 1.807) is 13.2 Å². The van der Waals surface area contributed by atoms with Gasteiger partial charge in [0.2, 0.25) is 0 Å². The highest BCUT2D eigenvalue weighted by atomic mass is 19.3. The average Bonchev–Trinajstić information content (AvgIpc) is 2.76. The van der Waals surface area contributed by atoms with Gasteiger partial charge in [0.1, 0.15) is 5.75 Å². The Morgan fingerprint density at radius 1 is 1.29 bits per heavy atom. The number of methoxy groups -OCH3 is 1. The standard InChI is InChI=1S/C13H17F2NO/c1-17-11-5-4-9(12(14)15)8-10(11)13(16)6-2-3-7-13/h4-5,8,12H,2-3,6-7,16H2,1H3. The first-order valence-electron chi connectivity index (χ1n) is 5.82. The van der Waals surface area contributed by atoms with Crippen LogP contribution in [0, 0.1) is 0 Å². The van der Waals surface area contributed by atoms with Crippen LogP contribution in [0.4, 0.5) is 8.78 Å². The minimum absolute atomic E-state index is 0.0116. The second-order valence-corrected chi connectivity index (χ2v) is 4.62. The second kappa shape index (κ2) is 4.61. The lowest BCUT2D eigenvalue weighted by Gasteiger charge is -2.26. The molecule has 1 saturated carbocycles. The van der Waals surface area contributed by atoms with Gasteiger partial charge in [-0.1, -0.05) is 12.8 Å². The smallest absolute Gasteiger partial charge is 0.263 e. The lowest BCUT2D eigenvalue weighted by molar-refractivity contribution is 0.151.